The molecule has 22 heavy (non-hydrogen) atoms. The first kappa shape index (κ1) is 14.5. The van der Waals surface area contributed by atoms with Crippen molar-refractivity contribution in [3.05, 3.63) is 38.2 Å². The summed E-state index contributed by atoms with van der Waals surface area (Å²) in [6.45, 7) is 5.66. The quantitative estimate of drug-likeness (QED) is 0.648. The maximum atomic E-state index is 12.6. The number of amides is 1. The second-order valence-electron chi connectivity index (χ2n) is 5.56. The zero-order valence-electron chi connectivity index (χ0n) is 12.4. The first-order chi connectivity index (χ1) is 10.5. The topological polar surface area (TPSA) is 111 Å². The highest BCUT2D eigenvalue weighted by Crippen LogP contribution is 2.13. The predicted molar refractivity (Wildman–Crippen MR) is 81.1 cm³/mol. The first-order valence-corrected chi connectivity index (χ1v) is 7.12. The number of fused-ring (bicyclic) bond motifs is 1. The number of carbonyl (C=O) groups is 1. The summed E-state index contributed by atoms with van der Waals surface area (Å²) in [6.07, 6.45) is 0. The minimum Gasteiger partial charge on any atom is -0.334 e. The maximum Gasteiger partial charge on any atom is 0.327 e. The van der Waals surface area contributed by atoms with Gasteiger partial charge in [0.1, 0.15) is 11.3 Å². The van der Waals surface area contributed by atoms with Crippen molar-refractivity contribution >= 4 is 16.9 Å². The average Bonchev–Trinajstić information content (AvgIpc) is 2.45. The van der Waals surface area contributed by atoms with Crippen LogP contribution in [0.15, 0.2) is 15.7 Å². The van der Waals surface area contributed by atoms with Gasteiger partial charge in [-0.05, 0) is 25.5 Å². The zero-order valence-corrected chi connectivity index (χ0v) is 12.4. The first-order valence-electron chi connectivity index (χ1n) is 7.12. The van der Waals surface area contributed by atoms with E-state index in [0.29, 0.717) is 24.0 Å². The molecule has 0 radical (unpaired) electrons. The SMILES string of the molecule is Cc1cc(C(=O)N2CCN[C@H](C)C2)nc2[nH]c(=O)[nH]c(=O)c12. The molecule has 3 N–H and O–H groups in total. The minimum absolute atomic E-state index is 0.139. The van der Waals surface area contributed by atoms with Crippen molar-refractivity contribution in [1.29, 1.82) is 0 Å². The number of hydrogen-bond acceptors (Lipinski definition) is 5. The van der Waals surface area contributed by atoms with Gasteiger partial charge in [-0.15, -0.1) is 0 Å². The lowest BCUT2D eigenvalue weighted by Gasteiger charge is -2.31. The van der Waals surface area contributed by atoms with Crippen molar-refractivity contribution in [3.63, 3.8) is 0 Å². The Hall–Kier alpha value is -2.48. The van der Waals surface area contributed by atoms with Crippen molar-refractivity contribution in [2.45, 2.75) is 19.9 Å². The molecule has 3 heterocycles. The fraction of sp³-hybridized carbons (Fsp3) is 0.429. The van der Waals surface area contributed by atoms with Gasteiger partial charge in [-0.3, -0.25) is 19.6 Å². The van der Waals surface area contributed by atoms with E-state index in [1.807, 2.05) is 6.92 Å². The molecule has 0 aromatic carbocycles. The number of rotatable bonds is 1. The van der Waals surface area contributed by atoms with E-state index in [1.54, 1.807) is 17.9 Å². The monoisotopic (exact) mass is 303 g/mol. The molecule has 0 unspecified atom stereocenters. The van der Waals surface area contributed by atoms with Gasteiger partial charge in [0.05, 0.1) is 5.39 Å². The van der Waals surface area contributed by atoms with Crippen molar-refractivity contribution < 1.29 is 4.79 Å². The number of piperazine rings is 1. The molecular formula is C14H17N5O3. The van der Waals surface area contributed by atoms with Gasteiger partial charge in [0.25, 0.3) is 11.5 Å². The molecule has 1 aliphatic rings. The number of aryl methyl sites for hydroxylation is 1. The van der Waals surface area contributed by atoms with Gasteiger partial charge in [-0.25, -0.2) is 9.78 Å². The van der Waals surface area contributed by atoms with E-state index in [-0.39, 0.29) is 23.3 Å². The second kappa shape index (κ2) is 5.38. The lowest BCUT2D eigenvalue weighted by atomic mass is 10.1. The Morgan fingerprint density at radius 3 is 2.86 bits per heavy atom. The molecule has 1 atom stereocenters. The molecule has 1 saturated heterocycles. The number of H-pyrrole nitrogens is 2. The van der Waals surface area contributed by atoms with Crippen LogP contribution in [0.2, 0.25) is 0 Å². The minimum atomic E-state index is -0.634. The van der Waals surface area contributed by atoms with E-state index in [2.05, 4.69) is 20.3 Å². The van der Waals surface area contributed by atoms with E-state index in [0.717, 1.165) is 6.54 Å². The van der Waals surface area contributed by atoms with Crippen LogP contribution in [-0.4, -0.2) is 51.4 Å². The number of nitrogens with zero attached hydrogens (tertiary/aromatic N) is 2. The highest BCUT2D eigenvalue weighted by atomic mass is 16.2. The third kappa shape index (κ3) is 2.52. The van der Waals surface area contributed by atoms with E-state index < -0.39 is 11.2 Å². The summed E-state index contributed by atoms with van der Waals surface area (Å²) in [7, 11) is 0. The van der Waals surface area contributed by atoms with Crippen molar-refractivity contribution in [3.8, 4) is 0 Å². The largest absolute Gasteiger partial charge is 0.334 e. The molecule has 1 amide bonds. The highest BCUT2D eigenvalue weighted by Gasteiger charge is 2.23. The van der Waals surface area contributed by atoms with Gasteiger partial charge in [-0.1, -0.05) is 0 Å². The summed E-state index contributed by atoms with van der Waals surface area (Å²) in [4.78, 5) is 46.3. The highest BCUT2D eigenvalue weighted by molar-refractivity contribution is 5.95. The molecular weight excluding hydrogens is 286 g/mol. The molecule has 116 valence electrons. The smallest absolute Gasteiger partial charge is 0.327 e. The predicted octanol–water partition coefficient (Wildman–Crippen LogP) is -0.646. The number of carbonyl (C=O) groups excluding carboxylic acids is 1. The Morgan fingerprint density at radius 2 is 2.14 bits per heavy atom. The molecule has 2 aromatic rings. The van der Waals surface area contributed by atoms with Gasteiger partial charge in [0.15, 0.2) is 0 Å². The van der Waals surface area contributed by atoms with Gasteiger partial charge < -0.3 is 10.2 Å². The van der Waals surface area contributed by atoms with Crippen LogP contribution in [0, 0.1) is 6.92 Å². The Bertz CT molecular complexity index is 854. The van der Waals surface area contributed by atoms with Crippen LogP contribution < -0.4 is 16.6 Å². The Balaban J connectivity index is 2.06. The molecule has 1 aliphatic heterocycles. The summed E-state index contributed by atoms with van der Waals surface area (Å²) in [5, 5.41) is 3.56. The summed E-state index contributed by atoms with van der Waals surface area (Å²) in [6, 6.07) is 1.81. The summed E-state index contributed by atoms with van der Waals surface area (Å²) in [5.41, 5.74) is -0.155. The summed E-state index contributed by atoms with van der Waals surface area (Å²) < 4.78 is 0. The number of nitrogens with one attached hydrogen (secondary N) is 3. The Kier molecular flexibility index (Phi) is 3.53. The Morgan fingerprint density at radius 1 is 1.36 bits per heavy atom. The van der Waals surface area contributed by atoms with E-state index in [4.69, 9.17) is 0 Å². The standard InChI is InChI=1S/C14H17N5O3/c1-7-5-9(13(21)19-4-3-15-8(2)6-19)16-11-10(7)12(20)18-14(22)17-11/h5,8,15H,3-4,6H2,1-2H3,(H2,16,17,18,20,22)/t8-/m1/s1. The van der Waals surface area contributed by atoms with Crippen LogP contribution in [0.3, 0.4) is 0 Å². The van der Waals surface area contributed by atoms with Crippen LogP contribution in [0.4, 0.5) is 0 Å². The number of pyridine rings is 1. The van der Waals surface area contributed by atoms with Crippen LogP contribution in [-0.2, 0) is 0 Å². The summed E-state index contributed by atoms with van der Waals surface area (Å²) >= 11 is 0. The van der Waals surface area contributed by atoms with E-state index in [1.165, 1.54) is 0 Å². The van der Waals surface area contributed by atoms with E-state index in [9.17, 15) is 14.4 Å². The van der Waals surface area contributed by atoms with Gasteiger partial charge in [0, 0.05) is 25.7 Å². The molecule has 0 saturated carbocycles. The summed E-state index contributed by atoms with van der Waals surface area (Å²) in [5.74, 6) is -0.195. The normalized spacial score (nSPS) is 18.6. The molecule has 8 heteroatoms. The van der Waals surface area contributed by atoms with Crippen LogP contribution in [0.5, 0.6) is 0 Å². The lowest BCUT2D eigenvalue weighted by molar-refractivity contribution is 0.0703. The molecule has 0 bridgehead atoms. The van der Waals surface area contributed by atoms with Crippen molar-refractivity contribution in [2.24, 2.45) is 0 Å². The zero-order chi connectivity index (χ0) is 15.9. The van der Waals surface area contributed by atoms with E-state index >= 15 is 0 Å². The molecule has 1 fully saturated rings. The van der Waals surface area contributed by atoms with Crippen molar-refractivity contribution in [2.75, 3.05) is 19.6 Å². The second-order valence-corrected chi connectivity index (χ2v) is 5.56. The molecule has 0 spiro atoms. The molecule has 0 aliphatic carbocycles. The number of hydrogen-bond donors (Lipinski definition) is 3. The van der Waals surface area contributed by atoms with Gasteiger partial charge >= 0.3 is 5.69 Å². The van der Waals surface area contributed by atoms with Crippen molar-refractivity contribution in [1.82, 2.24) is 25.2 Å². The van der Waals surface area contributed by atoms with Gasteiger partial charge in [0.2, 0.25) is 0 Å². The van der Waals surface area contributed by atoms with Crippen LogP contribution in [0.25, 0.3) is 11.0 Å². The van der Waals surface area contributed by atoms with Gasteiger partial charge in [-0.2, -0.15) is 0 Å². The van der Waals surface area contributed by atoms with Crippen LogP contribution in [0.1, 0.15) is 23.0 Å². The lowest BCUT2D eigenvalue weighted by Crippen LogP contribution is -2.51. The number of aromatic amines is 2. The molecule has 3 rings (SSSR count). The third-order valence-electron chi connectivity index (χ3n) is 3.78. The number of aromatic nitrogens is 3. The fourth-order valence-corrected chi connectivity index (χ4v) is 2.74. The molecule has 8 nitrogen and oxygen atoms in total. The third-order valence-corrected chi connectivity index (χ3v) is 3.78. The van der Waals surface area contributed by atoms with Crippen LogP contribution >= 0.6 is 0 Å². The Labute approximate surface area is 125 Å². The molecule has 2 aromatic heterocycles. The average molecular weight is 303 g/mol. The fourth-order valence-electron chi connectivity index (χ4n) is 2.74. The maximum absolute atomic E-state index is 12.6.